The standard InChI is InChI=1S/C10H17NOS/c1-8(2)6-12-5-4-10-9(3)11-7-13-10/h7-8H,4-6H2,1-3H3. The molecule has 0 spiro atoms. The largest absolute Gasteiger partial charge is 0.381 e. The summed E-state index contributed by atoms with van der Waals surface area (Å²) >= 11 is 1.72. The quantitative estimate of drug-likeness (QED) is 0.680. The molecule has 0 N–H and O–H groups in total. The molecule has 0 aliphatic heterocycles. The number of rotatable bonds is 5. The van der Waals surface area contributed by atoms with Gasteiger partial charge in [-0.25, -0.2) is 4.98 Å². The lowest BCUT2D eigenvalue weighted by Crippen LogP contribution is -2.04. The molecular weight excluding hydrogens is 182 g/mol. The topological polar surface area (TPSA) is 22.1 Å². The van der Waals surface area contributed by atoms with Gasteiger partial charge in [-0.05, 0) is 12.8 Å². The van der Waals surface area contributed by atoms with Crippen LogP contribution in [-0.4, -0.2) is 18.2 Å². The Kier molecular flexibility index (Phi) is 4.39. The minimum Gasteiger partial charge on any atom is -0.381 e. The summed E-state index contributed by atoms with van der Waals surface area (Å²) < 4.78 is 5.50. The predicted octanol–water partition coefficient (Wildman–Crippen LogP) is 2.67. The van der Waals surface area contributed by atoms with Crippen molar-refractivity contribution in [3.05, 3.63) is 16.1 Å². The van der Waals surface area contributed by atoms with Crippen molar-refractivity contribution in [2.24, 2.45) is 5.92 Å². The van der Waals surface area contributed by atoms with Gasteiger partial charge in [0.1, 0.15) is 0 Å². The first kappa shape index (κ1) is 10.7. The van der Waals surface area contributed by atoms with E-state index in [0.717, 1.165) is 25.3 Å². The van der Waals surface area contributed by atoms with Gasteiger partial charge in [-0.1, -0.05) is 13.8 Å². The van der Waals surface area contributed by atoms with Gasteiger partial charge in [0, 0.05) is 17.9 Å². The minimum atomic E-state index is 0.627. The number of aromatic nitrogens is 1. The molecule has 0 aromatic carbocycles. The molecule has 1 heterocycles. The molecule has 0 amide bonds. The van der Waals surface area contributed by atoms with E-state index in [1.54, 1.807) is 11.3 Å². The Morgan fingerprint density at radius 2 is 2.31 bits per heavy atom. The molecule has 74 valence electrons. The molecule has 0 saturated heterocycles. The van der Waals surface area contributed by atoms with Crippen LogP contribution < -0.4 is 0 Å². The van der Waals surface area contributed by atoms with Gasteiger partial charge in [0.25, 0.3) is 0 Å². The molecule has 0 fully saturated rings. The predicted molar refractivity (Wildman–Crippen MR) is 56.2 cm³/mol. The Morgan fingerprint density at radius 3 is 2.85 bits per heavy atom. The zero-order valence-corrected chi connectivity index (χ0v) is 9.36. The summed E-state index contributed by atoms with van der Waals surface area (Å²) in [4.78, 5) is 5.54. The van der Waals surface area contributed by atoms with Gasteiger partial charge in [0.2, 0.25) is 0 Å². The summed E-state index contributed by atoms with van der Waals surface area (Å²) in [6.07, 6.45) is 1.00. The average molecular weight is 199 g/mol. The highest BCUT2D eigenvalue weighted by atomic mass is 32.1. The second kappa shape index (κ2) is 5.35. The SMILES string of the molecule is Cc1ncsc1CCOCC(C)C. The van der Waals surface area contributed by atoms with Gasteiger partial charge >= 0.3 is 0 Å². The van der Waals surface area contributed by atoms with Crippen LogP contribution in [0.1, 0.15) is 24.4 Å². The Labute approximate surface area is 84.0 Å². The first-order chi connectivity index (χ1) is 6.20. The average Bonchev–Trinajstić information content (AvgIpc) is 2.45. The van der Waals surface area contributed by atoms with Gasteiger partial charge in [-0.3, -0.25) is 0 Å². The molecule has 0 aliphatic rings. The summed E-state index contributed by atoms with van der Waals surface area (Å²) in [5.41, 5.74) is 3.05. The normalized spacial score (nSPS) is 11.1. The van der Waals surface area contributed by atoms with Crippen molar-refractivity contribution in [2.75, 3.05) is 13.2 Å². The van der Waals surface area contributed by atoms with Crippen LogP contribution in [0.4, 0.5) is 0 Å². The lowest BCUT2D eigenvalue weighted by molar-refractivity contribution is 0.113. The van der Waals surface area contributed by atoms with Crippen molar-refractivity contribution in [1.29, 1.82) is 0 Å². The van der Waals surface area contributed by atoms with E-state index in [1.165, 1.54) is 4.88 Å². The van der Waals surface area contributed by atoms with Crippen LogP contribution in [0.5, 0.6) is 0 Å². The van der Waals surface area contributed by atoms with Gasteiger partial charge in [0.05, 0.1) is 17.8 Å². The van der Waals surface area contributed by atoms with E-state index in [9.17, 15) is 0 Å². The van der Waals surface area contributed by atoms with Crippen LogP contribution in [0.15, 0.2) is 5.51 Å². The number of hydrogen-bond acceptors (Lipinski definition) is 3. The molecule has 13 heavy (non-hydrogen) atoms. The Balaban J connectivity index is 2.17. The van der Waals surface area contributed by atoms with Crippen LogP contribution in [0.2, 0.25) is 0 Å². The Bertz CT molecular complexity index is 245. The van der Waals surface area contributed by atoms with Crippen LogP contribution in [0.3, 0.4) is 0 Å². The van der Waals surface area contributed by atoms with Crippen LogP contribution in [0.25, 0.3) is 0 Å². The summed E-state index contributed by atoms with van der Waals surface area (Å²) in [5.74, 6) is 0.627. The fourth-order valence-electron chi connectivity index (χ4n) is 1.05. The first-order valence-corrected chi connectivity index (χ1v) is 5.55. The Hall–Kier alpha value is -0.410. The molecule has 0 bridgehead atoms. The molecule has 1 rings (SSSR count). The molecule has 2 nitrogen and oxygen atoms in total. The van der Waals surface area contributed by atoms with E-state index in [2.05, 4.69) is 18.8 Å². The molecule has 3 heteroatoms. The van der Waals surface area contributed by atoms with Crippen molar-refractivity contribution >= 4 is 11.3 Å². The maximum Gasteiger partial charge on any atom is 0.0797 e. The Morgan fingerprint density at radius 1 is 1.54 bits per heavy atom. The van der Waals surface area contributed by atoms with Crippen LogP contribution in [0, 0.1) is 12.8 Å². The van der Waals surface area contributed by atoms with E-state index in [-0.39, 0.29) is 0 Å². The highest BCUT2D eigenvalue weighted by Gasteiger charge is 2.01. The van der Waals surface area contributed by atoms with Gasteiger partial charge in [-0.15, -0.1) is 11.3 Å². The monoisotopic (exact) mass is 199 g/mol. The number of nitrogens with zero attached hydrogens (tertiary/aromatic N) is 1. The summed E-state index contributed by atoms with van der Waals surface area (Å²) in [5, 5.41) is 0. The van der Waals surface area contributed by atoms with Gasteiger partial charge < -0.3 is 4.74 Å². The van der Waals surface area contributed by atoms with Gasteiger partial charge in [-0.2, -0.15) is 0 Å². The van der Waals surface area contributed by atoms with Crippen molar-refractivity contribution in [3.63, 3.8) is 0 Å². The molecule has 0 saturated carbocycles. The maximum absolute atomic E-state index is 5.50. The molecule has 0 aliphatic carbocycles. The molecule has 0 radical (unpaired) electrons. The van der Waals surface area contributed by atoms with Gasteiger partial charge in [0.15, 0.2) is 0 Å². The number of thiazole rings is 1. The third-order valence-corrected chi connectivity index (χ3v) is 2.76. The molecule has 0 atom stereocenters. The second-order valence-electron chi connectivity index (χ2n) is 3.58. The molecule has 1 aromatic rings. The second-order valence-corrected chi connectivity index (χ2v) is 4.52. The van der Waals surface area contributed by atoms with Crippen molar-refractivity contribution in [1.82, 2.24) is 4.98 Å². The summed E-state index contributed by atoms with van der Waals surface area (Å²) in [7, 11) is 0. The number of hydrogen-bond donors (Lipinski definition) is 0. The number of ether oxygens (including phenoxy) is 1. The van der Waals surface area contributed by atoms with Crippen molar-refractivity contribution in [3.8, 4) is 0 Å². The van der Waals surface area contributed by atoms with E-state index >= 15 is 0 Å². The highest BCUT2D eigenvalue weighted by molar-refractivity contribution is 7.09. The van der Waals surface area contributed by atoms with E-state index < -0.39 is 0 Å². The zero-order valence-electron chi connectivity index (χ0n) is 8.54. The lowest BCUT2D eigenvalue weighted by Gasteiger charge is -2.05. The molecule has 1 aromatic heterocycles. The minimum absolute atomic E-state index is 0.627. The van der Waals surface area contributed by atoms with E-state index in [4.69, 9.17) is 4.74 Å². The third-order valence-electron chi connectivity index (χ3n) is 1.77. The third kappa shape index (κ3) is 3.87. The smallest absolute Gasteiger partial charge is 0.0797 e. The molecular formula is C10H17NOS. The number of aryl methyl sites for hydroxylation is 1. The lowest BCUT2D eigenvalue weighted by atomic mass is 10.2. The fourth-order valence-corrected chi connectivity index (χ4v) is 1.81. The van der Waals surface area contributed by atoms with Crippen LogP contribution in [-0.2, 0) is 11.2 Å². The van der Waals surface area contributed by atoms with E-state index in [1.807, 2.05) is 12.4 Å². The maximum atomic E-state index is 5.50. The zero-order chi connectivity index (χ0) is 9.68. The van der Waals surface area contributed by atoms with Crippen molar-refractivity contribution in [2.45, 2.75) is 27.2 Å². The van der Waals surface area contributed by atoms with Crippen molar-refractivity contribution < 1.29 is 4.74 Å². The highest BCUT2D eigenvalue weighted by Crippen LogP contribution is 2.12. The molecule has 0 unspecified atom stereocenters. The first-order valence-electron chi connectivity index (χ1n) is 4.67. The fraction of sp³-hybridized carbons (Fsp3) is 0.700. The van der Waals surface area contributed by atoms with E-state index in [0.29, 0.717) is 5.92 Å². The summed E-state index contributed by atoms with van der Waals surface area (Å²) in [6, 6.07) is 0. The summed E-state index contributed by atoms with van der Waals surface area (Å²) in [6.45, 7) is 8.06. The van der Waals surface area contributed by atoms with Crippen LogP contribution >= 0.6 is 11.3 Å².